The van der Waals surface area contributed by atoms with Crippen molar-refractivity contribution in [2.45, 2.75) is 18.2 Å². The average molecular weight is 277 g/mol. The summed E-state index contributed by atoms with van der Waals surface area (Å²) in [6.45, 7) is 6.09. The van der Waals surface area contributed by atoms with Crippen LogP contribution in [0.3, 0.4) is 0 Å². The zero-order chi connectivity index (χ0) is 14.1. The third kappa shape index (κ3) is 6.25. The fourth-order valence-corrected chi connectivity index (χ4v) is 2.54. The lowest BCUT2D eigenvalue weighted by molar-refractivity contribution is -0.135. The van der Waals surface area contributed by atoms with Crippen LogP contribution in [0.25, 0.3) is 0 Å². The summed E-state index contributed by atoms with van der Waals surface area (Å²) in [4.78, 5) is 16.3. The first-order chi connectivity index (χ1) is 9.13. The number of aliphatic imine (C=N–C) groups is 1. The summed E-state index contributed by atoms with van der Waals surface area (Å²) in [5.74, 6) is 0.133. The van der Waals surface area contributed by atoms with Gasteiger partial charge in [0, 0.05) is 22.3 Å². The highest BCUT2D eigenvalue weighted by Crippen LogP contribution is 2.21. The van der Waals surface area contributed by atoms with Crippen molar-refractivity contribution in [2.75, 3.05) is 12.3 Å². The monoisotopic (exact) mass is 277 g/mol. The minimum Gasteiger partial charge on any atom is -0.481 e. The highest BCUT2D eigenvalue weighted by atomic mass is 32.2. The Labute approximate surface area is 118 Å². The number of carbonyl (C=O) groups is 1. The normalized spacial score (nSPS) is 13.0. The molecule has 0 saturated carbocycles. The molecular weight excluding hydrogens is 258 g/mol. The fraction of sp³-hybridized carbons (Fsp3) is 0.333. The zero-order valence-corrected chi connectivity index (χ0v) is 11.9. The molecule has 1 aromatic carbocycles. The molecule has 3 nitrogen and oxygen atoms in total. The minimum absolute atomic E-state index is 0.00432. The number of aliphatic carboxylic acids is 1. The van der Waals surface area contributed by atoms with Crippen LogP contribution in [0.4, 0.5) is 0 Å². The summed E-state index contributed by atoms with van der Waals surface area (Å²) in [7, 11) is 0. The topological polar surface area (TPSA) is 49.7 Å². The van der Waals surface area contributed by atoms with Gasteiger partial charge in [0.15, 0.2) is 0 Å². The van der Waals surface area contributed by atoms with E-state index in [4.69, 9.17) is 5.11 Å². The van der Waals surface area contributed by atoms with Gasteiger partial charge in [-0.15, -0.1) is 18.3 Å². The van der Waals surface area contributed by atoms with Gasteiger partial charge in [-0.25, -0.2) is 0 Å². The van der Waals surface area contributed by atoms with Crippen LogP contribution < -0.4 is 0 Å². The van der Waals surface area contributed by atoms with Crippen LogP contribution >= 0.6 is 11.8 Å². The van der Waals surface area contributed by atoms with E-state index in [0.29, 0.717) is 6.54 Å². The van der Waals surface area contributed by atoms with Gasteiger partial charge in [-0.3, -0.25) is 9.79 Å². The Hall–Kier alpha value is -1.55. The highest BCUT2D eigenvalue weighted by Gasteiger charge is 2.14. The minimum atomic E-state index is -0.834. The second kappa shape index (κ2) is 8.53. The molecule has 0 aromatic heterocycles. The molecule has 1 N–H and O–H groups in total. The molecule has 0 heterocycles. The van der Waals surface area contributed by atoms with E-state index >= 15 is 0 Å². The Morgan fingerprint density at radius 1 is 1.47 bits per heavy atom. The van der Waals surface area contributed by atoms with Crippen molar-refractivity contribution in [1.82, 2.24) is 0 Å². The lowest BCUT2D eigenvalue weighted by Gasteiger charge is -2.13. The van der Waals surface area contributed by atoms with Gasteiger partial charge in [0.05, 0.1) is 13.0 Å². The first-order valence-corrected chi connectivity index (χ1v) is 7.15. The van der Waals surface area contributed by atoms with E-state index in [1.807, 2.05) is 25.1 Å². The molecular formula is C15H19NO2S. The Morgan fingerprint density at radius 3 is 2.74 bits per heavy atom. The first kappa shape index (κ1) is 15.5. The van der Waals surface area contributed by atoms with E-state index in [1.54, 1.807) is 17.8 Å². The second-order valence-corrected chi connectivity index (χ2v) is 5.31. The van der Waals surface area contributed by atoms with Crippen molar-refractivity contribution in [3.8, 4) is 0 Å². The molecule has 0 aliphatic rings. The Balaban J connectivity index is 2.58. The summed E-state index contributed by atoms with van der Waals surface area (Å²) < 4.78 is 0. The number of hydrogen-bond donors (Lipinski definition) is 1. The molecule has 1 unspecified atom stereocenters. The Morgan fingerprint density at radius 2 is 2.16 bits per heavy atom. The number of thioether (sulfide) groups is 1. The molecule has 1 aromatic rings. The lowest BCUT2D eigenvalue weighted by Crippen LogP contribution is -2.18. The van der Waals surface area contributed by atoms with Gasteiger partial charge >= 0.3 is 5.97 Å². The van der Waals surface area contributed by atoms with E-state index in [0.717, 1.165) is 11.5 Å². The summed E-state index contributed by atoms with van der Waals surface area (Å²) in [5.41, 5.74) is 0.732. The largest absolute Gasteiger partial charge is 0.481 e. The SMILES string of the molecule is C=CCN=C(CC(=O)O)C(C)CSc1ccccc1. The molecule has 0 bridgehead atoms. The Bertz CT molecular complexity index is 443. The molecule has 102 valence electrons. The van der Waals surface area contributed by atoms with E-state index in [2.05, 4.69) is 23.7 Å². The van der Waals surface area contributed by atoms with Crippen LogP contribution in [0, 0.1) is 5.92 Å². The fourth-order valence-electron chi connectivity index (χ4n) is 1.56. The summed E-state index contributed by atoms with van der Waals surface area (Å²) in [6, 6.07) is 10.1. The van der Waals surface area contributed by atoms with E-state index in [1.165, 1.54) is 4.90 Å². The van der Waals surface area contributed by atoms with Gasteiger partial charge in [-0.1, -0.05) is 31.2 Å². The van der Waals surface area contributed by atoms with Crippen LogP contribution in [-0.4, -0.2) is 29.1 Å². The maximum absolute atomic E-state index is 10.8. The van der Waals surface area contributed by atoms with Crippen LogP contribution in [0.5, 0.6) is 0 Å². The maximum atomic E-state index is 10.8. The molecule has 1 atom stereocenters. The predicted molar refractivity (Wildman–Crippen MR) is 81.1 cm³/mol. The molecule has 0 radical (unpaired) electrons. The van der Waals surface area contributed by atoms with E-state index < -0.39 is 5.97 Å². The summed E-state index contributed by atoms with van der Waals surface area (Å²) >= 11 is 1.72. The summed E-state index contributed by atoms with van der Waals surface area (Å²) in [5, 5.41) is 8.90. The molecule has 4 heteroatoms. The first-order valence-electron chi connectivity index (χ1n) is 6.17. The average Bonchev–Trinajstić information content (AvgIpc) is 2.41. The van der Waals surface area contributed by atoms with Crippen molar-refractivity contribution in [1.29, 1.82) is 0 Å². The predicted octanol–water partition coefficient (Wildman–Crippen LogP) is 3.52. The smallest absolute Gasteiger partial charge is 0.309 e. The lowest BCUT2D eigenvalue weighted by atomic mass is 10.1. The van der Waals surface area contributed by atoms with Crippen LogP contribution in [0.15, 0.2) is 52.9 Å². The van der Waals surface area contributed by atoms with Gasteiger partial charge in [-0.2, -0.15) is 0 Å². The molecule has 0 aliphatic heterocycles. The third-order valence-electron chi connectivity index (χ3n) is 2.57. The molecule has 0 saturated heterocycles. The molecule has 0 spiro atoms. The van der Waals surface area contributed by atoms with Gasteiger partial charge in [0.25, 0.3) is 0 Å². The van der Waals surface area contributed by atoms with Crippen molar-refractivity contribution in [3.63, 3.8) is 0 Å². The van der Waals surface area contributed by atoms with Crippen molar-refractivity contribution < 1.29 is 9.90 Å². The van der Waals surface area contributed by atoms with Crippen LogP contribution in [-0.2, 0) is 4.79 Å². The van der Waals surface area contributed by atoms with E-state index in [9.17, 15) is 4.79 Å². The van der Waals surface area contributed by atoms with Gasteiger partial charge < -0.3 is 5.11 Å². The number of nitrogens with zero attached hydrogens (tertiary/aromatic N) is 1. The molecule has 0 amide bonds. The van der Waals surface area contributed by atoms with Gasteiger partial charge in [0.1, 0.15) is 0 Å². The number of rotatable bonds is 8. The standard InChI is InChI=1S/C15H19NO2S/c1-3-9-16-14(10-15(17)18)12(2)11-19-13-7-5-4-6-8-13/h3-8,12H,1,9-11H2,2H3,(H,17,18). The molecule has 0 fully saturated rings. The van der Waals surface area contributed by atoms with E-state index in [-0.39, 0.29) is 12.3 Å². The second-order valence-electron chi connectivity index (χ2n) is 4.22. The number of benzene rings is 1. The molecule has 0 aliphatic carbocycles. The highest BCUT2D eigenvalue weighted by molar-refractivity contribution is 7.99. The molecule has 1 rings (SSSR count). The quantitative estimate of drug-likeness (QED) is 0.449. The third-order valence-corrected chi connectivity index (χ3v) is 3.84. The van der Waals surface area contributed by atoms with Crippen molar-refractivity contribution in [2.24, 2.45) is 10.9 Å². The van der Waals surface area contributed by atoms with Crippen LogP contribution in [0.1, 0.15) is 13.3 Å². The summed E-state index contributed by atoms with van der Waals surface area (Å²) in [6.07, 6.45) is 1.68. The number of hydrogen-bond acceptors (Lipinski definition) is 3. The Kier molecular flexibility index (Phi) is 6.97. The van der Waals surface area contributed by atoms with Gasteiger partial charge in [0.2, 0.25) is 0 Å². The maximum Gasteiger partial charge on any atom is 0.309 e. The van der Waals surface area contributed by atoms with Crippen LogP contribution in [0.2, 0.25) is 0 Å². The number of carboxylic acids is 1. The van der Waals surface area contributed by atoms with Crippen molar-refractivity contribution in [3.05, 3.63) is 43.0 Å². The van der Waals surface area contributed by atoms with Gasteiger partial charge in [-0.05, 0) is 12.1 Å². The zero-order valence-electron chi connectivity index (χ0n) is 11.1. The molecule has 19 heavy (non-hydrogen) atoms. The number of carboxylic acid groups (broad SMARTS) is 1. The van der Waals surface area contributed by atoms with Crippen molar-refractivity contribution >= 4 is 23.4 Å².